The SMILES string of the molecule is CCOC(=O)N1CCC(NC(=O)c2ccc(-c3nnc(-c4cccc(C)c4)o3)cc2)CC1. The van der Waals surface area contributed by atoms with E-state index in [1.54, 1.807) is 36.1 Å². The second-order valence-corrected chi connectivity index (χ2v) is 7.79. The van der Waals surface area contributed by atoms with Crippen LogP contribution in [0.5, 0.6) is 0 Å². The van der Waals surface area contributed by atoms with E-state index in [-0.39, 0.29) is 18.0 Å². The van der Waals surface area contributed by atoms with Crippen molar-refractivity contribution in [2.45, 2.75) is 32.7 Å². The number of likely N-dealkylation sites (tertiary alicyclic amines) is 1. The summed E-state index contributed by atoms with van der Waals surface area (Å²) in [6, 6.07) is 15.0. The Bertz CT molecular complexity index is 1090. The van der Waals surface area contributed by atoms with Gasteiger partial charge in [-0.05, 0) is 63.1 Å². The van der Waals surface area contributed by atoms with Crippen LogP contribution in [0.15, 0.2) is 52.9 Å². The predicted molar refractivity (Wildman–Crippen MR) is 119 cm³/mol. The zero-order chi connectivity index (χ0) is 22.5. The van der Waals surface area contributed by atoms with Gasteiger partial charge in [0.2, 0.25) is 11.8 Å². The molecule has 1 fully saturated rings. The molecule has 8 heteroatoms. The molecule has 0 spiro atoms. The highest BCUT2D eigenvalue weighted by atomic mass is 16.6. The van der Waals surface area contributed by atoms with Crippen LogP contribution < -0.4 is 5.32 Å². The van der Waals surface area contributed by atoms with E-state index in [0.29, 0.717) is 49.9 Å². The number of carbonyl (C=O) groups is 2. The highest BCUT2D eigenvalue weighted by molar-refractivity contribution is 5.94. The molecule has 0 unspecified atom stereocenters. The first-order valence-electron chi connectivity index (χ1n) is 10.8. The second kappa shape index (κ2) is 9.64. The van der Waals surface area contributed by atoms with E-state index in [1.807, 2.05) is 31.2 Å². The van der Waals surface area contributed by atoms with E-state index >= 15 is 0 Å². The number of rotatable bonds is 5. The lowest BCUT2D eigenvalue weighted by atomic mass is 10.0. The number of aryl methyl sites for hydroxylation is 1. The monoisotopic (exact) mass is 434 g/mol. The number of hydrogen-bond acceptors (Lipinski definition) is 6. The molecule has 0 aliphatic carbocycles. The minimum atomic E-state index is -0.292. The van der Waals surface area contributed by atoms with Crippen molar-refractivity contribution in [3.8, 4) is 22.9 Å². The van der Waals surface area contributed by atoms with Gasteiger partial charge in [0.25, 0.3) is 5.91 Å². The molecule has 0 bridgehead atoms. The van der Waals surface area contributed by atoms with Gasteiger partial charge in [-0.15, -0.1) is 10.2 Å². The Kier molecular flexibility index (Phi) is 6.49. The van der Waals surface area contributed by atoms with E-state index in [4.69, 9.17) is 9.15 Å². The summed E-state index contributed by atoms with van der Waals surface area (Å²) in [5, 5.41) is 11.3. The lowest BCUT2D eigenvalue weighted by molar-refractivity contribution is 0.0860. The molecule has 2 heterocycles. The van der Waals surface area contributed by atoms with Gasteiger partial charge in [0.05, 0.1) is 6.61 Å². The van der Waals surface area contributed by atoms with Gasteiger partial charge in [-0.3, -0.25) is 4.79 Å². The van der Waals surface area contributed by atoms with Crippen molar-refractivity contribution in [1.29, 1.82) is 0 Å². The first-order valence-corrected chi connectivity index (χ1v) is 10.8. The largest absolute Gasteiger partial charge is 0.450 e. The van der Waals surface area contributed by atoms with E-state index < -0.39 is 0 Å². The molecule has 2 amide bonds. The van der Waals surface area contributed by atoms with Crippen LogP contribution in [0.2, 0.25) is 0 Å². The molecule has 32 heavy (non-hydrogen) atoms. The first kappa shape index (κ1) is 21.5. The zero-order valence-corrected chi connectivity index (χ0v) is 18.2. The smallest absolute Gasteiger partial charge is 0.409 e. The van der Waals surface area contributed by atoms with Gasteiger partial charge < -0.3 is 19.4 Å². The summed E-state index contributed by atoms with van der Waals surface area (Å²) in [5.74, 6) is 0.719. The standard InChI is InChI=1S/C24H26N4O4/c1-3-31-24(30)28-13-11-20(12-14-28)25-21(29)17-7-9-18(10-8-17)22-26-27-23(32-22)19-6-4-5-16(2)15-19/h4-10,15,20H,3,11-14H2,1-2H3,(H,25,29). The lowest BCUT2D eigenvalue weighted by Gasteiger charge is -2.31. The molecular weight excluding hydrogens is 408 g/mol. The third-order valence-electron chi connectivity index (χ3n) is 5.44. The maximum atomic E-state index is 12.6. The summed E-state index contributed by atoms with van der Waals surface area (Å²) in [6.45, 7) is 5.31. The summed E-state index contributed by atoms with van der Waals surface area (Å²) < 4.78 is 10.8. The Morgan fingerprint density at radius 1 is 1.06 bits per heavy atom. The molecule has 1 aliphatic rings. The third-order valence-corrected chi connectivity index (χ3v) is 5.44. The van der Waals surface area contributed by atoms with Crippen LogP contribution in [0, 0.1) is 6.92 Å². The fourth-order valence-corrected chi connectivity index (χ4v) is 3.69. The molecule has 4 rings (SSSR count). The average molecular weight is 434 g/mol. The predicted octanol–water partition coefficient (Wildman–Crippen LogP) is 4.06. The van der Waals surface area contributed by atoms with E-state index in [0.717, 1.165) is 16.7 Å². The summed E-state index contributed by atoms with van der Waals surface area (Å²) in [7, 11) is 0. The van der Waals surface area contributed by atoms with Crippen molar-refractivity contribution in [2.75, 3.05) is 19.7 Å². The normalized spacial score (nSPS) is 14.2. The summed E-state index contributed by atoms with van der Waals surface area (Å²) in [6.07, 6.45) is 1.11. The van der Waals surface area contributed by atoms with Gasteiger partial charge in [0.15, 0.2) is 0 Å². The molecule has 1 N–H and O–H groups in total. The maximum absolute atomic E-state index is 12.6. The van der Waals surface area contributed by atoms with Gasteiger partial charge in [-0.25, -0.2) is 4.79 Å². The molecule has 3 aromatic rings. The second-order valence-electron chi connectivity index (χ2n) is 7.79. The van der Waals surface area contributed by atoms with Crippen molar-refractivity contribution in [3.05, 3.63) is 59.7 Å². The average Bonchev–Trinajstić information content (AvgIpc) is 3.30. The first-order chi connectivity index (χ1) is 15.5. The highest BCUT2D eigenvalue weighted by Gasteiger charge is 2.25. The topological polar surface area (TPSA) is 97.6 Å². The zero-order valence-electron chi connectivity index (χ0n) is 18.2. The summed E-state index contributed by atoms with van der Waals surface area (Å²) in [4.78, 5) is 26.1. The van der Waals surface area contributed by atoms with Gasteiger partial charge in [0.1, 0.15) is 0 Å². The van der Waals surface area contributed by atoms with Crippen molar-refractivity contribution in [2.24, 2.45) is 0 Å². The number of piperidine rings is 1. The Labute approximate surface area is 186 Å². The van der Waals surface area contributed by atoms with E-state index in [2.05, 4.69) is 15.5 Å². The quantitative estimate of drug-likeness (QED) is 0.650. The fraction of sp³-hybridized carbons (Fsp3) is 0.333. The Hall–Kier alpha value is -3.68. The number of nitrogens with zero attached hydrogens (tertiary/aromatic N) is 3. The van der Waals surface area contributed by atoms with Crippen molar-refractivity contribution in [1.82, 2.24) is 20.4 Å². The molecule has 8 nitrogen and oxygen atoms in total. The molecule has 1 saturated heterocycles. The van der Waals surface area contributed by atoms with Crippen LogP contribution in [0.3, 0.4) is 0 Å². The lowest BCUT2D eigenvalue weighted by Crippen LogP contribution is -2.46. The Morgan fingerprint density at radius 3 is 2.41 bits per heavy atom. The molecule has 2 aromatic carbocycles. The summed E-state index contributed by atoms with van der Waals surface area (Å²) >= 11 is 0. The van der Waals surface area contributed by atoms with Crippen LogP contribution in [0.25, 0.3) is 22.9 Å². The number of ether oxygens (including phenoxy) is 1. The Morgan fingerprint density at radius 2 is 1.75 bits per heavy atom. The highest BCUT2D eigenvalue weighted by Crippen LogP contribution is 2.24. The van der Waals surface area contributed by atoms with Crippen LogP contribution in [-0.2, 0) is 4.74 Å². The van der Waals surface area contributed by atoms with Crippen LogP contribution in [0.1, 0.15) is 35.7 Å². The molecule has 166 valence electrons. The van der Waals surface area contributed by atoms with Crippen LogP contribution >= 0.6 is 0 Å². The van der Waals surface area contributed by atoms with Crippen molar-refractivity contribution < 1.29 is 18.7 Å². The molecule has 0 atom stereocenters. The number of benzene rings is 2. The molecule has 1 aliphatic heterocycles. The van der Waals surface area contributed by atoms with Gasteiger partial charge in [-0.1, -0.05) is 17.7 Å². The number of amides is 2. The molecule has 0 saturated carbocycles. The van der Waals surface area contributed by atoms with Crippen LogP contribution in [-0.4, -0.2) is 52.8 Å². The van der Waals surface area contributed by atoms with Crippen LogP contribution in [0.4, 0.5) is 4.79 Å². The number of hydrogen-bond donors (Lipinski definition) is 1. The number of carbonyl (C=O) groups excluding carboxylic acids is 2. The summed E-state index contributed by atoms with van der Waals surface area (Å²) in [5.41, 5.74) is 3.29. The maximum Gasteiger partial charge on any atom is 0.409 e. The molecule has 1 aromatic heterocycles. The molecule has 0 radical (unpaired) electrons. The van der Waals surface area contributed by atoms with Gasteiger partial charge >= 0.3 is 6.09 Å². The molecular formula is C24H26N4O4. The van der Waals surface area contributed by atoms with Gasteiger partial charge in [-0.2, -0.15) is 0 Å². The van der Waals surface area contributed by atoms with Crippen molar-refractivity contribution in [3.63, 3.8) is 0 Å². The van der Waals surface area contributed by atoms with E-state index in [1.165, 1.54) is 0 Å². The minimum absolute atomic E-state index is 0.0284. The third kappa shape index (κ3) is 4.96. The van der Waals surface area contributed by atoms with E-state index in [9.17, 15) is 9.59 Å². The van der Waals surface area contributed by atoms with Crippen molar-refractivity contribution >= 4 is 12.0 Å². The minimum Gasteiger partial charge on any atom is -0.450 e. The fourth-order valence-electron chi connectivity index (χ4n) is 3.69. The number of aromatic nitrogens is 2. The number of nitrogens with one attached hydrogen (secondary N) is 1. The van der Waals surface area contributed by atoms with Gasteiger partial charge in [0, 0.05) is 35.8 Å². The Balaban J connectivity index is 1.35.